The Morgan fingerprint density at radius 2 is 0.521 bits per heavy atom. The fourth-order valence-corrected chi connectivity index (χ4v) is 8.94. The highest BCUT2D eigenvalue weighted by Gasteiger charge is 2.36. The van der Waals surface area contributed by atoms with Gasteiger partial charge in [-0.15, -0.1) is 0 Å². The molecule has 0 rings (SSSR count). The van der Waals surface area contributed by atoms with Gasteiger partial charge in [-0.1, -0.05) is 218 Å². The molecule has 6 heteroatoms. The van der Waals surface area contributed by atoms with Crippen LogP contribution in [0.1, 0.15) is 231 Å². The molecular formula is C42H85NO4Si. The molecule has 5 nitrogen and oxygen atoms in total. The molecule has 0 aromatic rings. The smallest absolute Gasteiger partial charge is 0.377 e. The molecule has 0 atom stereocenters. The first-order valence-electron chi connectivity index (χ1n) is 21.4. The highest BCUT2D eigenvalue weighted by Crippen LogP contribution is 2.20. The van der Waals surface area contributed by atoms with Crippen molar-refractivity contribution in [2.24, 2.45) is 4.99 Å². The Morgan fingerprint density at radius 1 is 0.333 bits per heavy atom. The molecule has 0 spiro atoms. The zero-order chi connectivity index (χ0) is 34.9. The van der Waals surface area contributed by atoms with Crippen LogP contribution in [0.3, 0.4) is 0 Å². The Bertz CT molecular complexity index is 645. The van der Waals surface area contributed by atoms with Gasteiger partial charge in [0.2, 0.25) is 6.08 Å². The van der Waals surface area contributed by atoms with E-state index in [9.17, 15) is 4.79 Å². The lowest BCUT2D eigenvalue weighted by atomic mass is 10.0. The molecule has 0 unspecified atom stereocenters. The topological polar surface area (TPSA) is 57.1 Å². The average Bonchev–Trinajstić information content (AvgIpc) is 3.11. The van der Waals surface area contributed by atoms with Crippen LogP contribution in [0.2, 0.25) is 6.04 Å². The maximum absolute atomic E-state index is 10.0. The van der Waals surface area contributed by atoms with Crippen molar-refractivity contribution in [3.63, 3.8) is 0 Å². The maximum atomic E-state index is 10.0. The monoisotopic (exact) mass is 696 g/mol. The summed E-state index contributed by atoms with van der Waals surface area (Å²) in [6, 6.07) is 0.936. The molecule has 0 aliphatic rings. The number of hydrogen-bond donors (Lipinski definition) is 0. The second kappa shape index (κ2) is 40.9. The van der Waals surface area contributed by atoms with Gasteiger partial charge >= 0.3 is 8.80 Å². The highest BCUT2D eigenvalue weighted by molar-refractivity contribution is 6.60. The first kappa shape index (κ1) is 47.5. The van der Waals surface area contributed by atoms with E-state index in [-0.39, 0.29) is 0 Å². The van der Waals surface area contributed by atoms with Crippen LogP contribution in [0.25, 0.3) is 0 Å². The predicted molar refractivity (Wildman–Crippen MR) is 211 cm³/mol. The molecule has 0 aromatic carbocycles. The Kier molecular flexibility index (Phi) is 40.5. The molecule has 0 saturated carbocycles. The van der Waals surface area contributed by atoms with Crippen LogP contribution >= 0.6 is 0 Å². The normalized spacial score (nSPS) is 11.7. The third kappa shape index (κ3) is 35.3. The van der Waals surface area contributed by atoms with Gasteiger partial charge in [-0.2, -0.15) is 0 Å². The highest BCUT2D eigenvalue weighted by atomic mass is 28.4. The molecule has 0 aliphatic heterocycles. The van der Waals surface area contributed by atoms with Gasteiger partial charge in [-0.25, -0.2) is 9.79 Å². The van der Waals surface area contributed by atoms with Gasteiger partial charge in [-0.05, 0) is 12.8 Å². The summed E-state index contributed by atoms with van der Waals surface area (Å²) in [5.74, 6) is 0. The van der Waals surface area contributed by atoms with Crippen LogP contribution in [0.15, 0.2) is 4.99 Å². The van der Waals surface area contributed by atoms with Crippen molar-refractivity contribution in [1.82, 2.24) is 0 Å². The van der Waals surface area contributed by atoms with E-state index in [4.69, 9.17) is 13.3 Å². The lowest BCUT2D eigenvalue weighted by molar-refractivity contribution is 0.122. The van der Waals surface area contributed by atoms with Gasteiger partial charge in [0, 0.05) is 27.4 Å². The standard InChI is InChI=1S/C42H85NO4Si/c1-45-48(46-2,47-3)41-39-37-35-33-31-29-27-25-23-21-19-17-15-13-11-9-7-5-4-6-8-10-12-14-16-18-20-22-24-26-28-30-32-34-36-38-40-43-42-44/h4-41H2,1-3H3. The van der Waals surface area contributed by atoms with E-state index < -0.39 is 8.80 Å². The van der Waals surface area contributed by atoms with E-state index in [1.807, 2.05) is 0 Å². The molecule has 0 heterocycles. The number of carbonyl (C=O) groups excluding carboxylic acids is 1. The second-order valence-electron chi connectivity index (χ2n) is 14.7. The predicted octanol–water partition coefficient (Wildman–Crippen LogP) is 14.2. The van der Waals surface area contributed by atoms with E-state index in [1.54, 1.807) is 27.4 Å². The molecule has 0 fully saturated rings. The van der Waals surface area contributed by atoms with E-state index in [1.165, 1.54) is 218 Å². The average molecular weight is 696 g/mol. The zero-order valence-electron chi connectivity index (χ0n) is 33.0. The van der Waals surface area contributed by atoms with Crippen LogP contribution in [0.5, 0.6) is 0 Å². The third-order valence-electron chi connectivity index (χ3n) is 10.5. The van der Waals surface area contributed by atoms with Crippen molar-refractivity contribution in [2.45, 2.75) is 237 Å². The molecule has 0 aliphatic carbocycles. The molecule has 0 saturated heterocycles. The van der Waals surface area contributed by atoms with Crippen LogP contribution < -0.4 is 0 Å². The number of unbranched alkanes of at least 4 members (excludes halogenated alkanes) is 35. The van der Waals surface area contributed by atoms with Crippen molar-refractivity contribution >= 4 is 14.9 Å². The van der Waals surface area contributed by atoms with E-state index >= 15 is 0 Å². The van der Waals surface area contributed by atoms with Crippen LogP contribution in [-0.4, -0.2) is 42.8 Å². The van der Waals surface area contributed by atoms with Gasteiger partial charge in [0.05, 0.1) is 6.54 Å². The lowest BCUT2D eigenvalue weighted by Gasteiger charge is -2.24. The molecular weight excluding hydrogens is 611 g/mol. The minimum Gasteiger partial charge on any atom is -0.377 e. The fraction of sp³-hybridized carbons (Fsp3) is 0.976. The summed E-state index contributed by atoms with van der Waals surface area (Å²) in [4.78, 5) is 13.6. The summed E-state index contributed by atoms with van der Waals surface area (Å²) in [7, 11) is 2.78. The van der Waals surface area contributed by atoms with Crippen molar-refractivity contribution < 1.29 is 18.1 Å². The van der Waals surface area contributed by atoms with Gasteiger partial charge < -0.3 is 13.3 Å². The molecule has 0 N–H and O–H groups in total. The SMILES string of the molecule is CO[Si](CCCCCCCCCCCCCCCCCCCCCCCCCCCCCCCCCCCCCCN=C=O)(OC)OC. The van der Waals surface area contributed by atoms with Crippen molar-refractivity contribution in [2.75, 3.05) is 27.9 Å². The number of rotatable bonds is 42. The number of isocyanates is 1. The van der Waals surface area contributed by atoms with Crippen LogP contribution in [0, 0.1) is 0 Å². The first-order chi connectivity index (χ1) is 23.7. The van der Waals surface area contributed by atoms with Gasteiger partial charge in [0.25, 0.3) is 0 Å². The van der Waals surface area contributed by atoms with Crippen LogP contribution in [0.4, 0.5) is 0 Å². The molecule has 0 amide bonds. The fourth-order valence-electron chi connectivity index (χ4n) is 7.14. The van der Waals surface area contributed by atoms with Crippen molar-refractivity contribution in [3.05, 3.63) is 0 Å². The number of aliphatic imine (C=N–C) groups is 1. The summed E-state index contributed by atoms with van der Waals surface area (Å²) in [6.07, 6.45) is 52.2. The second-order valence-corrected chi connectivity index (χ2v) is 17.8. The zero-order valence-corrected chi connectivity index (χ0v) is 34.0. The molecule has 0 aromatic heterocycles. The molecule has 286 valence electrons. The van der Waals surface area contributed by atoms with Crippen molar-refractivity contribution in [1.29, 1.82) is 0 Å². The quantitative estimate of drug-likeness (QED) is 0.0276. The Balaban J connectivity index is 3.12. The van der Waals surface area contributed by atoms with E-state index in [0.29, 0.717) is 6.54 Å². The Labute approximate surface area is 302 Å². The third-order valence-corrected chi connectivity index (χ3v) is 13.3. The lowest BCUT2D eigenvalue weighted by Crippen LogP contribution is -2.42. The van der Waals surface area contributed by atoms with E-state index in [0.717, 1.165) is 18.9 Å². The molecule has 0 bridgehead atoms. The number of nitrogens with zero attached hydrogens (tertiary/aromatic N) is 1. The summed E-state index contributed by atoms with van der Waals surface area (Å²) >= 11 is 0. The first-order valence-corrected chi connectivity index (χ1v) is 23.4. The number of hydrogen-bond acceptors (Lipinski definition) is 5. The van der Waals surface area contributed by atoms with E-state index in [2.05, 4.69) is 4.99 Å². The van der Waals surface area contributed by atoms with Gasteiger partial charge in [0.1, 0.15) is 0 Å². The van der Waals surface area contributed by atoms with Crippen molar-refractivity contribution in [3.8, 4) is 0 Å². The van der Waals surface area contributed by atoms with Crippen LogP contribution in [-0.2, 0) is 18.1 Å². The molecule has 0 radical (unpaired) electrons. The summed E-state index contributed by atoms with van der Waals surface area (Å²) in [5, 5.41) is 0. The summed E-state index contributed by atoms with van der Waals surface area (Å²) < 4.78 is 16.5. The van der Waals surface area contributed by atoms with Gasteiger partial charge in [-0.3, -0.25) is 0 Å². The molecule has 48 heavy (non-hydrogen) atoms. The maximum Gasteiger partial charge on any atom is 0.500 e. The van der Waals surface area contributed by atoms with Gasteiger partial charge in [0.15, 0.2) is 0 Å². The minimum atomic E-state index is -2.35. The Morgan fingerprint density at radius 3 is 0.708 bits per heavy atom. The largest absolute Gasteiger partial charge is 0.500 e. The Hall–Kier alpha value is -0.523. The summed E-state index contributed by atoms with van der Waals surface area (Å²) in [5.41, 5.74) is 0. The summed E-state index contributed by atoms with van der Waals surface area (Å²) in [6.45, 7) is 0.666. The minimum absolute atomic E-state index is 0.666.